The number of carboxylic acid groups (broad SMARTS) is 2. The highest BCUT2D eigenvalue weighted by atomic mass is 32.1. The lowest BCUT2D eigenvalue weighted by molar-refractivity contribution is -0.134. The van der Waals surface area contributed by atoms with Crippen LogP contribution in [0.15, 0.2) is 41.8 Å². The summed E-state index contributed by atoms with van der Waals surface area (Å²) in [6, 6.07) is 8.77. The smallest absolute Gasteiger partial charge is 0.328 e. The number of ether oxygens (including phenoxy) is 1. The molecule has 0 bridgehead atoms. The lowest BCUT2D eigenvalue weighted by Gasteiger charge is -2.14. The van der Waals surface area contributed by atoms with Crippen LogP contribution >= 0.6 is 11.3 Å². The van der Waals surface area contributed by atoms with Gasteiger partial charge in [-0.1, -0.05) is 12.1 Å². The van der Waals surface area contributed by atoms with Crippen LogP contribution in [0.3, 0.4) is 0 Å². The summed E-state index contributed by atoms with van der Waals surface area (Å²) >= 11 is 1.78. The molecule has 0 amide bonds. The van der Waals surface area contributed by atoms with Gasteiger partial charge < -0.3 is 25.0 Å². The van der Waals surface area contributed by atoms with Crippen LogP contribution in [0.1, 0.15) is 5.56 Å². The number of aliphatic carboxylic acids is 2. The molecular weight excluding hydrogens is 370 g/mol. The van der Waals surface area contributed by atoms with Crippen molar-refractivity contribution in [3.05, 3.63) is 47.4 Å². The zero-order valence-electron chi connectivity index (χ0n) is 15.2. The van der Waals surface area contributed by atoms with Gasteiger partial charge in [-0.3, -0.25) is 0 Å². The van der Waals surface area contributed by atoms with Crippen LogP contribution in [0.5, 0.6) is 0 Å². The first-order valence-corrected chi connectivity index (χ1v) is 9.27. The number of hydrogen-bond acceptors (Lipinski definition) is 6. The maximum atomic E-state index is 9.55. The number of rotatable bonds is 10. The van der Waals surface area contributed by atoms with Gasteiger partial charge in [0.15, 0.2) is 0 Å². The third kappa shape index (κ3) is 10.5. The lowest BCUT2D eigenvalue weighted by Crippen LogP contribution is -2.26. The minimum Gasteiger partial charge on any atom is -0.478 e. The van der Waals surface area contributed by atoms with E-state index < -0.39 is 11.9 Å². The van der Waals surface area contributed by atoms with Crippen LogP contribution in [0, 0.1) is 0 Å². The highest BCUT2D eigenvalue weighted by Crippen LogP contribution is 2.21. The van der Waals surface area contributed by atoms with Crippen LogP contribution in [-0.2, 0) is 20.7 Å². The molecule has 8 heteroatoms. The number of fused-ring (bicyclic) bond motifs is 1. The second kappa shape index (κ2) is 13.0. The fraction of sp³-hybridized carbons (Fsp3) is 0.368. The Bertz CT molecular complexity index is 727. The van der Waals surface area contributed by atoms with Crippen molar-refractivity contribution in [2.24, 2.45) is 0 Å². The van der Waals surface area contributed by atoms with E-state index in [4.69, 9.17) is 20.1 Å². The molecule has 1 aromatic carbocycles. The van der Waals surface area contributed by atoms with E-state index >= 15 is 0 Å². The van der Waals surface area contributed by atoms with Gasteiger partial charge in [0.1, 0.15) is 0 Å². The van der Waals surface area contributed by atoms with E-state index in [0.29, 0.717) is 18.7 Å². The second-order valence-corrected chi connectivity index (χ2v) is 6.64. The highest BCUT2D eigenvalue weighted by Gasteiger charge is 1.99. The molecule has 0 atom stereocenters. The molecule has 0 spiro atoms. The molecule has 2 rings (SSSR count). The van der Waals surface area contributed by atoms with Crippen LogP contribution < -0.4 is 0 Å². The molecule has 7 nitrogen and oxygen atoms in total. The molecule has 0 saturated carbocycles. The largest absolute Gasteiger partial charge is 0.478 e. The molecule has 1 heterocycles. The number of benzene rings is 1. The first-order chi connectivity index (χ1) is 12.9. The van der Waals surface area contributed by atoms with Gasteiger partial charge >= 0.3 is 11.9 Å². The average molecular weight is 395 g/mol. The van der Waals surface area contributed by atoms with Crippen LogP contribution in [0.4, 0.5) is 0 Å². The predicted octanol–water partition coefficient (Wildman–Crippen LogP) is 2.10. The average Bonchev–Trinajstić information content (AvgIpc) is 3.08. The molecule has 0 aliphatic heterocycles. The lowest BCUT2D eigenvalue weighted by atomic mass is 10.1. The van der Waals surface area contributed by atoms with E-state index in [9.17, 15) is 9.59 Å². The Morgan fingerprint density at radius 3 is 2.44 bits per heavy atom. The van der Waals surface area contributed by atoms with Gasteiger partial charge in [-0.15, -0.1) is 11.3 Å². The molecule has 0 fully saturated rings. The molecule has 27 heavy (non-hydrogen) atoms. The van der Waals surface area contributed by atoms with Crippen molar-refractivity contribution in [1.82, 2.24) is 4.90 Å². The van der Waals surface area contributed by atoms with E-state index in [0.717, 1.165) is 26.2 Å². The number of thiophene rings is 1. The SMILES string of the molecule is CN(CCO)CCOCCc1ccc2sccc2c1.O=C(O)/C=C/C(=O)O. The van der Waals surface area contributed by atoms with Gasteiger partial charge in [-0.05, 0) is 41.9 Å². The van der Waals surface area contributed by atoms with Crippen LogP contribution in [0.25, 0.3) is 10.1 Å². The topological polar surface area (TPSA) is 107 Å². The van der Waals surface area contributed by atoms with Crippen molar-refractivity contribution in [2.75, 3.05) is 40.0 Å². The summed E-state index contributed by atoms with van der Waals surface area (Å²) in [6.07, 6.45) is 2.07. The van der Waals surface area contributed by atoms with Gasteiger partial charge in [-0.25, -0.2) is 9.59 Å². The standard InChI is InChI=1S/C15H21NO2S.C4H4O4/c1-16(6-8-17)7-10-18-9-4-13-2-3-15-14(12-13)5-11-19-15;5-3(6)1-2-4(7)8/h2-3,5,11-12,17H,4,6-10H2,1H3;1-2H,(H,5,6)(H,7,8)/b;2-1+. The van der Waals surface area contributed by atoms with Crippen molar-refractivity contribution in [3.63, 3.8) is 0 Å². The van der Waals surface area contributed by atoms with Crippen molar-refractivity contribution in [3.8, 4) is 0 Å². The molecule has 1 aromatic heterocycles. The number of carboxylic acids is 2. The van der Waals surface area contributed by atoms with Crippen molar-refractivity contribution < 1.29 is 29.6 Å². The zero-order chi connectivity index (χ0) is 20.1. The fourth-order valence-corrected chi connectivity index (χ4v) is 2.88. The fourth-order valence-electron chi connectivity index (χ4n) is 2.11. The van der Waals surface area contributed by atoms with Gasteiger partial charge in [0.25, 0.3) is 0 Å². The Kier molecular flexibility index (Phi) is 11.0. The first kappa shape index (κ1) is 22.8. The number of aliphatic hydroxyl groups excluding tert-OH is 1. The number of aliphatic hydroxyl groups is 1. The summed E-state index contributed by atoms with van der Waals surface area (Å²) in [7, 11) is 1.99. The number of nitrogens with zero attached hydrogens (tertiary/aromatic N) is 1. The molecule has 0 radical (unpaired) electrons. The molecule has 0 aliphatic carbocycles. The minimum absolute atomic E-state index is 0.206. The van der Waals surface area contributed by atoms with E-state index in [2.05, 4.69) is 34.5 Å². The third-order valence-electron chi connectivity index (χ3n) is 3.52. The molecule has 3 N–H and O–H groups in total. The Morgan fingerprint density at radius 2 is 1.81 bits per heavy atom. The number of carbonyl (C=O) groups is 2. The number of likely N-dealkylation sites (N-methyl/N-ethyl adjacent to an activating group) is 1. The molecule has 2 aromatic rings. The normalized spacial score (nSPS) is 10.9. The Labute approximate surface area is 162 Å². The quantitative estimate of drug-likeness (QED) is 0.418. The molecular formula is C19H25NO6S. The summed E-state index contributed by atoms with van der Waals surface area (Å²) < 4.78 is 6.97. The zero-order valence-corrected chi connectivity index (χ0v) is 16.0. The molecule has 148 valence electrons. The Balaban J connectivity index is 0.000000387. The predicted molar refractivity (Wildman–Crippen MR) is 105 cm³/mol. The van der Waals surface area contributed by atoms with Crippen LogP contribution in [-0.4, -0.2) is 72.1 Å². The minimum atomic E-state index is -1.26. The van der Waals surface area contributed by atoms with E-state index in [1.807, 2.05) is 7.05 Å². The Morgan fingerprint density at radius 1 is 1.11 bits per heavy atom. The molecule has 0 unspecified atom stereocenters. The summed E-state index contributed by atoms with van der Waals surface area (Å²) in [5, 5.41) is 27.9. The maximum absolute atomic E-state index is 9.55. The van der Waals surface area contributed by atoms with Gasteiger partial charge in [0.05, 0.1) is 19.8 Å². The van der Waals surface area contributed by atoms with E-state index in [-0.39, 0.29) is 6.61 Å². The van der Waals surface area contributed by atoms with Crippen molar-refractivity contribution in [1.29, 1.82) is 0 Å². The number of hydrogen-bond donors (Lipinski definition) is 3. The van der Waals surface area contributed by atoms with Gasteiger partial charge in [0, 0.05) is 29.9 Å². The summed E-state index contributed by atoms with van der Waals surface area (Å²) in [4.78, 5) is 21.2. The summed E-state index contributed by atoms with van der Waals surface area (Å²) in [5.41, 5.74) is 1.33. The van der Waals surface area contributed by atoms with Crippen molar-refractivity contribution >= 4 is 33.4 Å². The van der Waals surface area contributed by atoms with Crippen molar-refractivity contribution in [2.45, 2.75) is 6.42 Å². The summed E-state index contributed by atoms with van der Waals surface area (Å²) in [5.74, 6) is -2.51. The third-order valence-corrected chi connectivity index (χ3v) is 4.42. The van der Waals surface area contributed by atoms with Crippen LogP contribution in [0.2, 0.25) is 0 Å². The van der Waals surface area contributed by atoms with Gasteiger partial charge in [-0.2, -0.15) is 0 Å². The maximum Gasteiger partial charge on any atom is 0.328 e. The Hall–Kier alpha value is -2.26. The molecule has 0 aliphatic rings. The summed E-state index contributed by atoms with van der Waals surface area (Å²) in [6.45, 7) is 3.25. The van der Waals surface area contributed by atoms with E-state index in [1.165, 1.54) is 15.6 Å². The van der Waals surface area contributed by atoms with Gasteiger partial charge in [0.2, 0.25) is 0 Å². The monoisotopic (exact) mass is 395 g/mol. The highest BCUT2D eigenvalue weighted by molar-refractivity contribution is 7.17. The first-order valence-electron chi connectivity index (χ1n) is 8.39. The molecule has 0 saturated heterocycles. The second-order valence-electron chi connectivity index (χ2n) is 5.69. The van der Waals surface area contributed by atoms with E-state index in [1.54, 1.807) is 11.3 Å².